The predicted molar refractivity (Wildman–Crippen MR) is 256 cm³/mol. The summed E-state index contributed by atoms with van der Waals surface area (Å²) in [4.78, 5) is 20.6. The van der Waals surface area contributed by atoms with E-state index >= 15 is 0 Å². The molecule has 0 aliphatic heterocycles. The number of hydrogen-bond donors (Lipinski definition) is 2. The summed E-state index contributed by atoms with van der Waals surface area (Å²) in [7, 11) is 0. The molecule has 0 heterocycles. The molecule has 0 aromatic heterocycles. The first kappa shape index (κ1) is 60.5. The Balaban J connectivity index is -0.000000771. The molecule has 57 heavy (non-hydrogen) atoms. The number of allylic oxidation sites excluding steroid dienone is 4. The zero-order valence-corrected chi connectivity index (χ0v) is 42.1. The van der Waals surface area contributed by atoms with E-state index in [4.69, 9.17) is 10.2 Å². The van der Waals surface area contributed by atoms with Crippen LogP contribution in [0.1, 0.15) is 285 Å². The summed E-state index contributed by atoms with van der Waals surface area (Å²) in [6.45, 7) is 9.12. The van der Waals surface area contributed by atoms with Gasteiger partial charge in [-0.2, -0.15) is 0 Å². The van der Waals surface area contributed by atoms with Gasteiger partial charge in [0.1, 0.15) is 0 Å². The molecule has 2 N–H and O–H groups in total. The van der Waals surface area contributed by atoms with Gasteiger partial charge in [-0.3, -0.25) is 9.59 Å². The molecule has 338 valence electrons. The number of unbranched alkanes of at least 4 members (excludes halogenated alkanes) is 32. The van der Waals surface area contributed by atoms with Crippen LogP contribution in [0, 0.1) is 0 Å². The Kier molecular flexibility index (Phi) is 63.2. The van der Waals surface area contributed by atoms with E-state index in [1.54, 1.807) is 21.7 Å². The molecule has 0 aliphatic rings. The van der Waals surface area contributed by atoms with Crippen molar-refractivity contribution in [3.63, 3.8) is 0 Å². The third-order valence-corrected chi connectivity index (χ3v) is 14.8. The molecular formula is C52H102O4Sn. The average Bonchev–Trinajstić information content (AvgIpc) is 3.20. The van der Waals surface area contributed by atoms with Crippen molar-refractivity contribution in [3.8, 4) is 0 Å². The third kappa shape index (κ3) is 70.1. The quantitative estimate of drug-likeness (QED) is 0.0363. The van der Waals surface area contributed by atoms with Crippen LogP contribution in [0.4, 0.5) is 0 Å². The molecule has 2 radical (unpaired) electrons. The maximum absolute atomic E-state index is 10.3. The van der Waals surface area contributed by atoms with Crippen molar-refractivity contribution in [2.75, 3.05) is 0 Å². The van der Waals surface area contributed by atoms with E-state index < -0.39 is 11.9 Å². The Morgan fingerprint density at radius 3 is 0.772 bits per heavy atom. The monoisotopic (exact) mass is 911 g/mol. The minimum atomic E-state index is -0.664. The Labute approximate surface area is 368 Å². The Hall–Kier alpha value is -0.781. The first-order chi connectivity index (χ1) is 28.0. The standard InChI is InChI=1S/2C18H34O2.2C8H17.Sn/c2*1-2-3-4-5-6-7-8-9-10-11-12-13-14-15-16-17-18(19)20;2*1-3-5-7-8-6-4-2;/h2*9-10H,2-8,11-17H2,1H3,(H,19,20);2*1,3-8H2,2H3;/b10-9+;10-9-;;;. The fourth-order valence-corrected chi connectivity index (χ4v) is 10.4. The van der Waals surface area contributed by atoms with Gasteiger partial charge in [0.25, 0.3) is 0 Å². The molecule has 0 bridgehead atoms. The molecule has 0 fully saturated rings. The average molecular weight is 910 g/mol. The van der Waals surface area contributed by atoms with Gasteiger partial charge in [0, 0.05) is 12.8 Å². The number of rotatable bonds is 44. The number of hydrogen-bond acceptors (Lipinski definition) is 2. The van der Waals surface area contributed by atoms with E-state index in [0.29, 0.717) is 12.8 Å². The number of carboxylic acid groups (broad SMARTS) is 2. The number of aliphatic carboxylic acids is 2. The van der Waals surface area contributed by atoms with E-state index in [1.807, 2.05) is 0 Å². The van der Waals surface area contributed by atoms with E-state index in [1.165, 1.54) is 205 Å². The molecule has 0 aliphatic carbocycles. The van der Waals surface area contributed by atoms with Crippen LogP contribution in [0.2, 0.25) is 8.87 Å². The molecule has 4 nitrogen and oxygen atoms in total. The number of carboxylic acids is 2. The van der Waals surface area contributed by atoms with Gasteiger partial charge in [-0.15, -0.1) is 0 Å². The molecule has 0 aromatic rings. The Bertz CT molecular complexity index is 731. The van der Waals surface area contributed by atoms with E-state index in [0.717, 1.165) is 25.7 Å². The molecule has 0 aromatic carbocycles. The minimum absolute atomic E-state index is 0.0736. The van der Waals surface area contributed by atoms with E-state index in [9.17, 15) is 9.59 Å². The van der Waals surface area contributed by atoms with Crippen molar-refractivity contribution >= 4 is 33.1 Å². The van der Waals surface area contributed by atoms with Gasteiger partial charge in [0.2, 0.25) is 0 Å². The van der Waals surface area contributed by atoms with Crippen LogP contribution in [-0.2, 0) is 9.59 Å². The van der Waals surface area contributed by atoms with Gasteiger partial charge in [-0.1, -0.05) is 141 Å². The topological polar surface area (TPSA) is 74.6 Å². The molecule has 0 saturated carbocycles. The molecule has 0 rings (SSSR count). The zero-order chi connectivity index (χ0) is 42.4. The van der Waals surface area contributed by atoms with Crippen LogP contribution in [0.15, 0.2) is 24.3 Å². The van der Waals surface area contributed by atoms with Crippen molar-refractivity contribution < 1.29 is 19.8 Å². The summed E-state index contributed by atoms with van der Waals surface area (Å²) < 4.78 is 3.31. The predicted octanol–water partition coefficient (Wildman–Crippen LogP) is 18.5. The fraction of sp³-hybridized carbons (Fsp3) is 0.885. The third-order valence-electron chi connectivity index (χ3n) is 10.7. The van der Waals surface area contributed by atoms with Gasteiger partial charge in [-0.05, 0) is 64.2 Å². The molecule has 0 atom stereocenters. The second kappa shape index (κ2) is 59.5. The molecule has 0 spiro atoms. The fourth-order valence-electron chi connectivity index (χ4n) is 6.88. The van der Waals surface area contributed by atoms with Crippen molar-refractivity contribution in [1.29, 1.82) is 0 Å². The molecule has 5 heteroatoms. The molecular weight excluding hydrogens is 807 g/mol. The molecule has 0 saturated heterocycles. The summed E-state index contributed by atoms with van der Waals surface area (Å²) >= 11 is 0.0736. The second-order valence-electron chi connectivity index (χ2n) is 16.7. The van der Waals surface area contributed by atoms with Crippen LogP contribution in [0.3, 0.4) is 0 Å². The normalized spacial score (nSPS) is 11.2. The van der Waals surface area contributed by atoms with Crippen LogP contribution < -0.4 is 0 Å². The van der Waals surface area contributed by atoms with Crippen molar-refractivity contribution in [1.82, 2.24) is 0 Å². The van der Waals surface area contributed by atoms with Gasteiger partial charge in [0.05, 0.1) is 0 Å². The maximum atomic E-state index is 10.3. The second-order valence-corrected chi connectivity index (χ2v) is 21.0. The van der Waals surface area contributed by atoms with Gasteiger partial charge in [0.15, 0.2) is 0 Å². The van der Waals surface area contributed by atoms with Gasteiger partial charge >= 0.3 is 133 Å². The van der Waals surface area contributed by atoms with E-state index in [-0.39, 0.29) is 21.1 Å². The van der Waals surface area contributed by atoms with E-state index in [2.05, 4.69) is 52.0 Å². The SMILES string of the molecule is CCCCCCCC/C=C/CCCCCCCC(=O)O.CCCCCCCC/C=C\CCCCCCCC(=O)O.CCCCCCC[CH2][Sn][CH2]CCCCCCC. The summed E-state index contributed by atoms with van der Waals surface area (Å²) in [5, 5.41) is 17.0. The van der Waals surface area contributed by atoms with Crippen molar-refractivity contribution in [2.45, 2.75) is 293 Å². The molecule has 0 unspecified atom stereocenters. The van der Waals surface area contributed by atoms with Crippen LogP contribution in [-0.4, -0.2) is 43.3 Å². The first-order valence-electron chi connectivity index (χ1n) is 25.4. The summed E-state index contributed by atoms with van der Waals surface area (Å²) in [5.41, 5.74) is 0. The Morgan fingerprint density at radius 1 is 0.316 bits per heavy atom. The molecule has 0 amide bonds. The van der Waals surface area contributed by atoms with Gasteiger partial charge in [-0.25, -0.2) is 0 Å². The first-order valence-corrected chi connectivity index (χ1v) is 29.4. The van der Waals surface area contributed by atoms with Crippen molar-refractivity contribution in [3.05, 3.63) is 24.3 Å². The number of carbonyl (C=O) groups is 2. The van der Waals surface area contributed by atoms with Crippen LogP contribution in [0.25, 0.3) is 0 Å². The Morgan fingerprint density at radius 2 is 0.526 bits per heavy atom. The summed E-state index contributed by atoms with van der Waals surface area (Å²) in [6.07, 6.45) is 60.3. The van der Waals surface area contributed by atoms with Crippen molar-refractivity contribution in [2.24, 2.45) is 0 Å². The zero-order valence-electron chi connectivity index (χ0n) is 39.2. The van der Waals surface area contributed by atoms with Gasteiger partial charge < -0.3 is 10.2 Å². The summed E-state index contributed by atoms with van der Waals surface area (Å²) in [5.74, 6) is -1.33. The van der Waals surface area contributed by atoms with Crippen LogP contribution in [0.5, 0.6) is 0 Å². The summed E-state index contributed by atoms with van der Waals surface area (Å²) in [6, 6.07) is 0. The van der Waals surface area contributed by atoms with Crippen LogP contribution >= 0.6 is 0 Å².